The highest BCUT2D eigenvalue weighted by atomic mass is 16.1. The number of para-hydroxylation sites is 1. The maximum absolute atomic E-state index is 11.9. The maximum Gasteiger partial charge on any atom is 0.161 e. The third kappa shape index (κ3) is 2.95. The molecule has 0 saturated carbocycles. The molecule has 0 aromatic heterocycles. The van der Waals surface area contributed by atoms with Gasteiger partial charge in [-0.3, -0.25) is 4.79 Å². The molecule has 0 saturated heterocycles. The molecule has 2 aromatic rings. The SMILES string of the molecule is CCN(c1ccccc1C)c1cc(C#N)ccc1C(C)=O. The van der Waals surface area contributed by atoms with Crippen LogP contribution in [0, 0.1) is 18.3 Å². The molecule has 0 unspecified atom stereocenters. The zero-order valence-corrected chi connectivity index (χ0v) is 12.6. The molecule has 0 aliphatic rings. The van der Waals surface area contributed by atoms with Crippen LogP contribution < -0.4 is 4.90 Å². The molecule has 21 heavy (non-hydrogen) atoms. The Morgan fingerprint density at radius 1 is 1.19 bits per heavy atom. The lowest BCUT2D eigenvalue weighted by molar-refractivity contribution is 0.101. The minimum atomic E-state index is 0.00141. The molecule has 0 heterocycles. The molecular weight excluding hydrogens is 260 g/mol. The fourth-order valence-electron chi connectivity index (χ4n) is 2.46. The number of aryl methyl sites for hydroxylation is 1. The summed E-state index contributed by atoms with van der Waals surface area (Å²) in [6, 6.07) is 15.4. The molecule has 3 heteroatoms. The van der Waals surface area contributed by atoms with Crippen LogP contribution in [0.1, 0.15) is 35.3 Å². The van der Waals surface area contributed by atoms with Crippen molar-refractivity contribution >= 4 is 17.2 Å². The van der Waals surface area contributed by atoms with Crippen molar-refractivity contribution < 1.29 is 4.79 Å². The number of hydrogen-bond donors (Lipinski definition) is 0. The van der Waals surface area contributed by atoms with Crippen LogP contribution in [0.3, 0.4) is 0 Å². The van der Waals surface area contributed by atoms with E-state index in [-0.39, 0.29) is 5.78 Å². The molecule has 3 nitrogen and oxygen atoms in total. The first kappa shape index (κ1) is 14.8. The van der Waals surface area contributed by atoms with Crippen molar-refractivity contribution in [3.05, 3.63) is 59.2 Å². The van der Waals surface area contributed by atoms with Crippen molar-refractivity contribution in [2.45, 2.75) is 20.8 Å². The molecule has 0 aliphatic carbocycles. The monoisotopic (exact) mass is 278 g/mol. The number of ketones is 1. The number of nitriles is 1. The second kappa shape index (κ2) is 6.23. The van der Waals surface area contributed by atoms with Gasteiger partial charge in [-0.1, -0.05) is 18.2 Å². The summed E-state index contributed by atoms with van der Waals surface area (Å²) >= 11 is 0. The zero-order valence-electron chi connectivity index (χ0n) is 12.6. The lowest BCUT2D eigenvalue weighted by Gasteiger charge is -2.27. The topological polar surface area (TPSA) is 44.1 Å². The Bertz CT molecular complexity index is 713. The Morgan fingerprint density at radius 2 is 1.90 bits per heavy atom. The van der Waals surface area contributed by atoms with Crippen LogP contribution in [0.2, 0.25) is 0 Å². The van der Waals surface area contributed by atoms with E-state index in [0.717, 1.165) is 23.5 Å². The molecule has 106 valence electrons. The van der Waals surface area contributed by atoms with E-state index in [2.05, 4.69) is 11.0 Å². The van der Waals surface area contributed by atoms with Gasteiger partial charge in [0.1, 0.15) is 0 Å². The second-order valence-corrected chi connectivity index (χ2v) is 4.93. The summed E-state index contributed by atoms with van der Waals surface area (Å²) in [5, 5.41) is 9.12. The quantitative estimate of drug-likeness (QED) is 0.786. The van der Waals surface area contributed by atoms with Crippen LogP contribution in [0.4, 0.5) is 11.4 Å². The Labute approximate surface area is 125 Å². The van der Waals surface area contributed by atoms with Gasteiger partial charge in [-0.25, -0.2) is 0 Å². The van der Waals surface area contributed by atoms with E-state index in [9.17, 15) is 4.79 Å². The average molecular weight is 278 g/mol. The first-order valence-corrected chi connectivity index (χ1v) is 6.96. The normalized spacial score (nSPS) is 10.0. The molecule has 0 fully saturated rings. The summed E-state index contributed by atoms with van der Waals surface area (Å²) in [5.41, 5.74) is 4.17. The Kier molecular flexibility index (Phi) is 4.39. The number of hydrogen-bond acceptors (Lipinski definition) is 3. The minimum absolute atomic E-state index is 0.00141. The fourth-order valence-corrected chi connectivity index (χ4v) is 2.46. The van der Waals surface area contributed by atoms with E-state index in [4.69, 9.17) is 5.26 Å². The average Bonchev–Trinajstić information content (AvgIpc) is 2.49. The smallest absolute Gasteiger partial charge is 0.161 e. The van der Waals surface area contributed by atoms with Crippen LogP contribution >= 0.6 is 0 Å². The molecule has 0 bridgehead atoms. The predicted molar refractivity (Wildman–Crippen MR) is 85.0 cm³/mol. The van der Waals surface area contributed by atoms with E-state index in [1.807, 2.05) is 38.1 Å². The van der Waals surface area contributed by atoms with Crippen LogP contribution in [-0.4, -0.2) is 12.3 Å². The lowest BCUT2D eigenvalue weighted by Crippen LogP contribution is -2.19. The highest BCUT2D eigenvalue weighted by Gasteiger charge is 2.16. The van der Waals surface area contributed by atoms with Gasteiger partial charge in [-0.15, -0.1) is 0 Å². The second-order valence-electron chi connectivity index (χ2n) is 4.93. The first-order valence-electron chi connectivity index (χ1n) is 6.96. The summed E-state index contributed by atoms with van der Waals surface area (Å²) in [5.74, 6) is 0.00141. The van der Waals surface area contributed by atoms with Gasteiger partial charge in [0.25, 0.3) is 0 Å². The van der Waals surface area contributed by atoms with Gasteiger partial charge in [-0.2, -0.15) is 5.26 Å². The lowest BCUT2D eigenvalue weighted by atomic mass is 10.0. The third-order valence-corrected chi connectivity index (χ3v) is 3.52. The van der Waals surface area contributed by atoms with E-state index in [1.54, 1.807) is 25.1 Å². The van der Waals surface area contributed by atoms with Gasteiger partial charge < -0.3 is 4.90 Å². The fraction of sp³-hybridized carbons (Fsp3) is 0.222. The molecule has 2 rings (SSSR count). The molecule has 0 spiro atoms. The molecule has 0 atom stereocenters. The van der Waals surface area contributed by atoms with Crippen molar-refractivity contribution in [3.63, 3.8) is 0 Å². The third-order valence-electron chi connectivity index (χ3n) is 3.52. The van der Waals surface area contributed by atoms with Gasteiger partial charge in [0.15, 0.2) is 5.78 Å². The van der Waals surface area contributed by atoms with E-state index in [0.29, 0.717) is 11.1 Å². The van der Waals surface area contributed by atoms with Crippen molar-refractivity contribution in [1.29, 1.82) is 5.26 Å². The highest BCUT2D eigenvalue weighted by molar-refractivity contribution is 6.01. The van der Waals surface area contributed by atoms with Gasteiger partial charge >= 0.3 is 0 Å². The predicted octanol–water partition coefficient (Wildman–Crippen LogP) is 4.23. The number of nitrogens with zero attached hydrogens (tertiary/aromatic N) is 2. The van der Waals surface area contributed by atoms with Crippen molar-refractivity contribution in [2.75, 3.05) is 11.4 Å². The number of carbonyl (C=O) groups excluding carboxylic acids is 1. The number of carbonyl (C=O) groups is 1. The summed E-state index contributed by atoms with van der Waals surface area (Å²) in [6.07, 6.45) is 0. The van der Waals surface area contributed by atoms with E-state index < -0.39 is 0 Å². The van der Waals surface area contributed by atoms with Gasteiger partial charge in [0, 0.05) is 17.8 Å². The number of anilines is 2. The number of benzene rings is 2. The molecule has 0 aliphatic heterocycles. The Hall–Kier alpha value is -2.60. The Morgan fingerprint density at radius 3 is 2.48 bits per heavy atom. The van der Waals surface area contributed by atoms with Gasteiger partial charge in [0.2, 0.25) is 0 Å². The van der Waals surface area contributed by atoms with Crippen LogP contribution in [0.5, 0.6) is 0 Å². The molecule has 0 amide bonds. The van der Waals surface area contributed by atoms with Crippen molar-refractivity contribution in [1.82, 2.24) is 0 Å². The maximum atomic E-state index is 11.9. The molecule has 2 aromatic carbocycles. The number of rotatable bonds is 4. The minimum Gasteiger partial charge on any atom is -0.341 e. The summed E-state index contributed by atoms with van der Waals surface area (Å²) in [6.45, 7) is 6.35. The largest absolute Gasteiger partial charge is 0.341 e. The summed E-state index contributed by atoms with van der Waals surface area (Å²) in [4.78, 5) is 14.0. The standard InChI is InChI=1S/C18H18N2O/c1-4-20(17-8-6-5-7-13(17)2)18-11-15(12-19)9-10-16(18)14(3)21/h5-11H,4H2,1-3H3. The van der Waals surface area contributed by atoms with Gasteiger partial charge in [0.05, 0.1) is 17.3 Å². The van der Waals surface area contributed by atoms with Crippen molar-refractivity contribution in [2.24, 2.45) is 0 Å². The highest BCUT2D eigenvalue weighted by Crippen LogP contribution is 2.31. The zero-order chi connectivity index (χ0) is 15.4. The van der Waals surface area contributed by atoms with E-state index >= 15 is 0 Å². The summed E-state index contributed by atoms with van der Waals surface area (Å²) in [7, 11) is 0. The van der Waals surface area contributed by atoms with Crippen LogP contribution in [-0.2, 0) is 0 Å². The molecule has 0 N–H and O–H groups in total. The van der Waals surface area contributed by atoms with Crippen molar-refractivity contribution in [3.8, 4) is 6.07 Å². The molecular formula is C18H18N2O. The van der Waals surface area contributed by atoms with E-state index in [1.165, 1.54) is 0 Å². The summed E-state index contributed by atoms with van der Waals surface area (Å²) < 4.78 is 0. The number of Topliss-reactive ketones (excluding diaryl/α,β-unsaturated/α-hetero) is 1. The first-order chi connectivity index (χ1) is 10.1. The van der Waals surface area contributed by atoms with Crippen LogP contribution in [0.15, 0.2) is 42.5 Å². The van der Waals surface area contributed by atoms with Gasteiger partial charge in [-0.05, 0) is 50.6 Å². The van der Waals surface area contributed by atoms with Crippen LogP contribution in [0.25, 0.3) is 0 Å². The Balaban J connectivity index is 2.64. The molecule has 0 radical (unpaired) electrons.